The molecule has 1 aromatic heterocycles. The van der Waals surface area contributed by atoms with E-state index in [0.29, 0.717) is 18.5 Å². The van der Waals surface area contributed by atoms with Crippen LogP contribution in [0.15, 0.2) is 30.6 Å². The largest absolute Gasteiger partial charge is 0.338 e. The van der Waals surface area contributed by atoms with Crippen molar-refractivity contribution < 1.29 is 9.18 Å². The first-order valence-corrected chi connectivity index (χ1v) is 7.35. The fourth-order valence-electron chi connectivity index (χ4n) is 2.23. The number of tetrazole rings is 1. The van der Waals surface area contributed by atoms with Gasteiger partial charge in [0.2, 0.25) is 5.91 Å². The van der Waals surface area contributed by atoms with E-state index in [-0.39, 0.29) is 24.3 Å². The van der Waals surface area contributed by atoms with Gasteiger partial charge in [-0.25, -0.2) is 4.39 Å². The molecule has 118 valence electrons. The standard InChI is InChI=1S/C15H20FN5O/c1-3-12(2)20(15(22)10-21-18-11-17-19-21)9-8-13-6-4-5-7-14(13)16/h4-7,11-12H,3,8-10H2,1-2H3. The Bertz CT molecular complexity index is 602. The van der Waals surface area contributed by atoms with E-state index in [2.05, 4.69) is 15.4 Å². The predicted molar refractivity (Wildman–Crippen MR) is 79.4 cm³/mol. The molecule has 0 aliphatic heterocycles. The highest BCUT2D eigenvalue weighted by Gasteiger charge is 2.20. The monoisotopic (exact) mass is 305 g/mol. The van der Waals surface area contributed by atoms with Gasteiger partial charge in [-0.3, -0.25) is 4.79 Å². The molecular formula is C15H20FN5O. The second-order valence-corrected chi connectivity index (χ2v) is 5.15. The zero-order valence-corrected chi connectivity index (χ0v) is 12.8. The van der Waals surface area contributed by atoms with E-state index < -0.39 is 0 Å². The summed E-state index contributed by atoms with van der Waals surface area (Å²) in [5, 5.41) is 11.1. The fraction of sp³-hybridized carbons (Fsp3) is 0.467. The van der Waals surface area contributed by atoms with Crippen molar-refractivity contribution in [2.45, 2.75) is 39.3 Å². The van der Waals surface area contributed by atoms with Crippen LogP contribution in [0.25, 0.3) is 0 Å². The van der Waals surface area contributed by atoms with E-state index in [1.54, 1.807) is 23.1 Å². The second kappa shape index (κ2) is 7.63. The first-order valence-electron chi connectivity index (χ1n) is 7.35. The van der Waals surface area contributed by atoms with Gasteiger partial charge in [-0.1, -0.05) is 25.1 Å². The van der Waals surface area contributed by atoms with Gasteiger partial charge in [0.1, 0.15) is 12.4 Å². The van der Waals surface area contributed by atoms with Crippen LogP contribution in [0.4, 0.5) is 4.39 Å². The second-order valence-electron chi connectivity index (χ2n) is 5.15. The van der Waals surface area contributed by atoms with Crippen molar-refractivity contribution in [2.75, 3.05) is 6.54 Å². The summed E-state index contributed by atoms with van der Waals surface area (Å²) >= 11 is 0. The Morgan fingerprint density at radius 1 is 1.41 bits per heavy atom. The minimum Gasteiger partial charge on any atom is -0.338 e. The van der Waals surface area contributed by atoms with Gasteiger partial charge in [0.15, 0.2) is 6.33 Å². The molecule has 7 heteroatoms. The summed E-state index contributed by atoms with van der Waals surface area (Å²) in [7, 11) is 0. The molecule has 1 aromatic carbocycles. The lowest BCUT2D eigenvalue weighted by Crippen LogP contribution is -2.42. The van der Waals surface area contributed by atoms with Crippen LogP contribution in [0.5, 0.6) is 0 Å². The Morgan fingerprint density at radius 3 is 2.82 bits per heavy atom. The van der Waals surface area contributed by atoms with Crippen molar-refractivity contribution in [2.24, 2.45) is 0 Å². The van der Waals surface area contributed by atoms with Crippen molar-refractivity contribution >= 4 is 5.91 Å². The molecule has 0 saturated carbocycles. The highest BCUT2D eigenvalue weighted by atomic mass is 19.1. The van der Waals surface area contributed by atoms with Crippen LogP contribution < -0.4 is 0 Å². The number of rotatable bonds is 7. The molecule has 0 N–H and O–H groups in total. The van der Waals surface area contributed by atoms with Crippen LogP contribution in [0.3, 0.4) is 0 Å². The molecule has 1 atom stereocenters. The van der Waals surface area contributed by atoms with Crippen molar-refractivity contribution in [1.29, 1.82) is 0 Å². The zero-order chi connectivity index (χ0) is 15.9. The molecule has 0 bridgehead atoms. The number of nitrogens with zero attached hydrogens (tertiary/aromatic N) is 5. The highest BCUT2D eigenvalue weighted by Crippen LogP contribution is 2.11. The maximum absolute atomic E-state index is 13.7. The Morgan fingerprint density at radius 2 is 2.18 bits per heavy atom. The number of benzene rings is 1. The van der Waals surface area contributed by atoms with Crippen LogP contribution in [0.1, 0.15) is 25.8 Å². The van der Waals surface area contributed by atoms with Crippen molar-refractivity contribution in [3.05, 3.63) is 42.0 Å². The van der Waals surface area contributed by atoms with Gasteiger partial charge in [0.25, 0.3) is 0 Å². The van der Waals surface area contributed by atoms with Gasteiger partial charge in [-0.15, -0.1) is 10.2 Å². The number of carbonyl (C=O) groups is 1. The van der Waals surface area contributed by atoms with E-state index in [4.69, 9.17) is 0 Å². The molecule has 0 radical (unpaired) electrons. The maximum atomic E-state index is 13.7. The summed E-state index contributed by atoms with van der Waals surface area (Å²) in [6.07, 6.45) is 2.60. The Hall–Kier alpha value is -2.31. The van der Waals surface area contributed by atoms with Gasteiger partial charge in [0, 0.05) is 12.6 Å². The summed E-state index contributed by atoms with van der Waals surface area (Å²) in [4.78, 5) is 15.4. The molecular weight excluding hydrogens is 285 g/mol. The molecule has 0 spiro atoms. The van der Waals surface area contributed by atoms with E-state index in [9.17, 15) is 9.18 Å². The average Bonchev–Trinajstić information content (AvgIpc) is 3.01. The summed E-state index contributed by atoms with van der Waals surface area (Å²) in [5.74, 6) is -0.333. The van der Waals surface area contributed by atoms with Crippen LogP contribution >= 0.6 is 0 Å². The quantitative estimate of drug-likeness (QED) is 0.781. The van der Waals surface area contributed by atoms with Crippen LogP contribution in [0.2, 0.25) is 0 Å². The molecule has 1 heterocycles. The van der Waals surface area contributed by atoms with E-state index in [0.717, 1.165) is 6.42 Å². The number of hydrogen-bond donors (Lipinski definition) is 0. The normalized spacial score (nSPS) is 12.1. The van der Waals surface area contributed by atoms with Crippen molar-refractivity contribution in [1.82, 2.24) is 25.1 Å². The molecule has 6 nitrogen and oxygen atoms in total. The fourth-order valence-corrected chi connectivity index (χ4v) is 2.23. The predicted octanol–water partition coefficient (Wildman–Crippen LogP) is 1.68. The topological polar surface area (TPSA) is 63.9 Å². The van der Waals surface area contributed by atoms with Gasteiger partial charge in [0.05, 0.1) is 0 Å². The average molecular weight is 305 g/mol. The minimum absolute atomic E-state index is 0.0433. The van der Waals surface area contributed by atoms with Gasteiger partial charge in [-0.05, 0) is 36.6 Å². The first-order chi connectivity index (χ1) is 10.6. The minimum atomic E-state index is -0.239. The van der Waals surface area contributed by atoms with Crippen molar-refractivity contribution in [3.8, 4) is 0 Å². The lowest BCUT2D eigenvalue weighted by atomic mass is 10.1. The number of carbonyl (C=O) groups excluding carboxylic acids is 1. The highest BCUT2D eigenvalue weighted by molar-refractivity contribution is 5.76. The third-order valence-corrected chi connectivity index (χ3v) is 3.69. The summed E-state index contributed by atoms with van der Waals surface area (Å²) in [6.45, 7) is 4.50. The third-order valence-electron chi connectivity index (χ3n) is 3.69. The molecule has 2 rings (SSSR count). The number of amides is 1. The molecule has 22 heavy (non-hydrogen) atoms. The Labute approximate surface area is 128 Å². The smallest absolute Gasteiger partial charge is 0.246 e. The summed E-state index contributed by atoms with van der Waals surface area (Å²) < 4.78 is 13.7. The molecule has 0 saturated heterocycles. The van der Waals surface area contributed by atoms with E-state index >= 15 is 0 Å². The molecule has 1 unspecified atom stereocenters. The first kappa shape index (κ1) is 16.1. The van der Waals surface area contributed by atoms with Crippen LogP contribution in [0, 0.1) is 5.82 Å². The van der Waals surface area contributed by atoms with Crippen LogP contribution in [-0.2, 0) is 17.8 Å². The molecule has 0 fully saturated rings. The maximum Gasteiger partial charge on any atom is 0.246 e. The van der Waals surface area contributed by atoms with E-state index in [1.165, 1.54) is 17.2 Å². The van der Waals surface area contributed by atoms with Gasteiger partial charge >= 0.3 is 0 Å². The van der Waals surface area contributed by atoms with E-state index in [1.807, 2.05) is 13.8 Å². The Kier molecular flexibility index (Phi) is 5.57. The summed E-state index contributed by atoms with van der Waals surface area (Å²) in [5.41, 5.74) is 0.613. The van der Waals surface area contributed by atoms with Crippen LogP contribution in [-0.4, -0.2) is 43.6 Å². The molecule has 0 aliphatic carbocycles. The number of aromatic nitrogens is 4. The lowest BCUT2D eigenvalue weighted by molar-refractivity contribution is -0.134. The van der Waals surface area contributed by atoms with Gasteiger partial charge in [-0.2, -0.15) is 4.80 Å². The SMILES string of the molecule is CCC(C)N(CCc1ccccc1F)C(=O)Cn1ncnn1. The molecule has 0 aliphatic rings. The Balaban J connectivity index is 2.03. The zero-order valence-electron chi connectivity index (χ0n) is 12.8. The number of halogens is 1. The lowest BCUT2D eigenvalue weighted by Gasteiger charge is -2.28. The van der Waals surface area contributed by atoms with Gasteiger partial charge < -0.3 is 4.90 Å². The molecule has 1 amide bonds. The number of hydrogen-bond acceptors (Lipinski definition) is 4. The third kappa shape index (κ3) is 4.09. The van der Waals surface area contributed by atoms with Crippen molar-refractivity contribution in [3.63, 3.8) is 0 Å². The summed E-state index contributed by atoms with van der Waals surface area (Å²) in [6, 6.07) is 6.71. The molecule has 2 aromatic rings.